The van der Waals surface area contributed by atoms with E-state index in [0.717, 1.165) is 5.57 Å². The van der Waals surface area contributed by atoms with Crippen LogP contribution < -0.4 is 0 Å². The molecule has 0 saturated heterocycles. The van der Waals surface area contributed by atoms with Gasteiger partial charge >= 0.3 is 0 Å². The molecule has 0 aromatic heterocycles. The highest BCUT2D eigenvalue weighted by Gasteiger charge is 2.00. The van der Waals surface area contributed by atoms with Crippen molar-refractivity contribution in [3.63, 3.8) is 0 Å². The van der Waals surface area contributed by atoms with Crippen LogP contribution in [0.2, 0.25) is 0 Å². The molecule has 1 aromatic carbocycles. The predicted octanol–water partition coefficient (Wildman–Crippen LogP) is 4.53. The van der Waals surface area contributed by atoms with Gasteiger partial charge in [0.05, 0.1) is 0 Å². The molecule has 0 N–H and O–H groups in total. The minimum absolute atomic E-state index is 1.09. The van der Waals surface area contributed by atoms with Gasteiger partial charge in [-0.25, -0.2) is 0 Å². The molecule has 0 nitrogen and oxygen atoms in total. The Morgan fingerprint density at radius 2 is 1.80 bits per heavy atom. The first-order chi connectivity index (χ1) is 7.15. The molecule has 15 heavy (non-hydrogen) atoms. The molecular formula is C15H18. The smallest absolute Gasteiger partial charge is 0.0161 e. The largest absolute Gasteiger partial charge is 0.0955 e. The quantitative estimate of drug-likeness (QED) is 0.626. The third-order valence-corrected chi connectivity index (χ3v) is 2.28. The van der Waals surface area contributed by atoms with Crippen LogP contribution in [0.3, 0.4) is 0 Å². The summed E-state index contributed by atoms with van der Waals surface area (Å²) in [5, 5.41) is 0. The number of hydrogen-bond donors (Lipinski definition) is 0. The van der Waals surface area contributed by atoms with E-state index in [1.807, 2.05) is 26.0 Å². The Morgan fingerprint density at radius 3 is 2.27 bits per heavy atom. The second-order valence-corrected chi connectivity index (χ2v) is 3.75. The molecule has 0 unspecified atom stereocenters. The fraction of sp³-hybridized carbons (Fsp3) is 0.200. The Kier molecular flexibility index (Phi) is 4.11. The molecule has 0 aliphatic rings. The van der Waals surface area contributed by atoms with Crippen LogP contribution >= 0.6 is 0 Å². The number of allylic oxidation sites excluding steroid dienone is 5. The number of hydrogen-bond acceptors (Lipinski definition) is 0. The molecule has 0 aliphatic heterocycles. The van der Waals surface area contributed by atoms with Crippen LogP contribution in [0.1, 0.15) is 25.0 Å². The molecule has 0 amide bonds. The summed E-state index contributed by atoms with van der Waals surface area (Å²) in [4.78, 5) is 0. The van der Waals surface area contributed by atoms with Gasteiger partial charge in [0.2, 0.25) is 0 Å². The maximum atomic E-state index is 4.01. The van der Waals surface area contributed by atoms with E-state index in [9.17, 15) is 0 Å². The maximum absolute atomic E-state index is 4.01. The summed E-state index contributed by atoms with van der Waals surface area (Å²) in [6.07, 6.45) is 6.17. The van der Waals surface area contributed by atoms with Crippen molar-refractivity contribution in [3.8, 4) is 0 Å². The van der Waals surface area contributed by atoms with Crippen molar-refractivity contribution in [1.29, 1.82) is 0 Å². The first-order valence-electron chi connectivity index (χ1n) is 5.21. The fourth-order valence-corrected chi connectivity index (χ4v) is 1.41. The Labute approximate surface area is 92.6 Å². The highest BCUT2D eigenvalue weighted by molar-refractivity contribution is 5.78. The molecule has 0 heteroatoms. The van der Waals surface area contributed by atoms with E-state index in [2.05, 4.69) is 43.8 Å². The lowest BCUT2D eigenvalue weighted by molar-refractivity contribution is 1.44. The molecule has 1 rings (SSSR count). The van der Waals surface area contributed by atoms with Crippen molar-refractivity contribution in [2.75, 3.05) is 0 Å². The molecule has 0 bridgehead atoms. The van der Waals surface area contributed by atoms with E-state index >= 15 is 0 Å². The molecule has 0 saturated carbocycles. The Bertz CT molecular complexity index is 389. The Morgan fingerprint density at radius 1 is 1.20 bits per heavy atom. The fourth-order valence-electron chi connectivity index (χ4n) is 1.41. The van der Waals surface area contributed by atoms with Crippen LogP contribution in [0.5, 0.6) is 0 Å². The molecule has 0 spiro atoms. The van der Waals surface area contributed by atoms with Gasteiger partial charge in [0, 0.05) is 0 Å². The zero-order valence-electron chi connectivity index (χ0n) is 9.75. The van der Waals surface area contributed by atoms with Crippen LogP contribution in [-0.4, -0.2) is 0 Å². The lowest BCUT2D eigenvalue weighted by atomic mass is 9.99. The van der Waals surface area contributed by atoms with Crippen molar-refractivity contribution in [3.05, 3.63) is 65.8 Å². The summed E-state index contributed by atoms with van der Waals surface area (Å²) in [7, 11) is 0. The van der Waals surface area contributed by atoms with E-state index in [-0.39, 0.29) is 0 Å². The summed E-state index contributed by atoms with van der Waals surface area (Å²) in [5.74, 6) is 0. The van der Waals surface area contributed by atoms with Crippen LogP contribution in [0.15, 0.2) is 54.6 Å². The average Bonchev–Trinajstić information content (AvgIpc) is 2.21. The van der Waals surface area contributed by atoms with Crippen molar-refractivity contribution in [2.45, 2.75) is 20.8 Å². The van der Waals surface area contributed by atoms with Gasteiger partial charge in [-0.05, 0) is 31.9 Å². The van der Waals surface area contributed by atoms with Crippen LogP contribution in [-0.2, 0) is 0 Å². The van der Waals surface area contributed by atoms with E-state index < -0.39 is 0 Å². The van der Waals surface area contributed by atoms with Gasteiger partial charge in [0.15, 0.2) is 0 Å². The van der Waals surface area contributed by atoms with Crippen molar-refractivity contribution in [1.82, 2.24) is 0 Å². The molecule has 0 radical (unpaired) electrons. The Balaban J connectivity index is 3.10. The lowest BCUT2D eigenvalue weighted by Gasteiger charge is -2.06. The van der Waals surface area contributed by atoms with Gasteiger partial charge in [0.25, 0.3) is 0 Å². The van der Waals surface area contributed by atoms with E-state index in [4.69, 9.17) is 0 Å². The van der Waals surface area contributed by atoms with Crippen molar-refractivity contribution < 1.29 is 0 Å². The third-order valence-electron chi connectivity index (χ3n) is 2.28. The third kappa shape index (κ3) is 3.25. The normalized spacial score (nSPS) is 12.1. The van der Waals surface area contributed by atoms with Gasteiger partial charge in [0.1, 0.15) is 0 Å². The highest BCUT2D eigenvalue weighted by Crippen LogP contribution is 2.21. The monoisotopic (exact) mass is 198 g/mol. The van der Waals surface area contributed by atoms with Crippen LogP contribution in [0, 0.1) is 6.92 Å². The topological polar surface area (TPSA) is 0 Å². The molecule has 0 heterocycles. The lowest BCUT2D eigenvalue weighted by Crippen LogP contribution is -1.85. The van der Waals surface area contributed by atoms with Gasteiger partial charge in [-0.2, -0.15) is 0 Å². The summed E-state index contributed by atoms with van der Waals surface area (Å²) in [6.45, 7) is 10.2. The number of aryl methyl sites for hydroxylation is 1. The minimum Gasteiger partial charge on any atom is -0.0955 e. The SMILES string of the molecule is C=C(C)/C(=C\C=C/C)c1ccc(C)cc1. The maximum Gasteiger partial charge on any atom is -0.0161 e. The predicted molar refractivity (Wildman–Crippen MR) is 68.8 cm³/mol. The highest BCUT2D eigenvalue weighted by atomic mass is 14.0. The van der Waals surface area contributed by atoms with Crippen LogP contribution in [0.4, 0.5) is 0 Å². The summed E-state index contributed by atoms with van der Waals surface area (Å²) >= 11 is 0. The van der Waals surface area contributed by atoms with Gasteiger partial charge in [-0.3, -0.25) is 0 Å². The van der Waals surface area contributed by atoms with Crippen molar-refractivity contribution >= 4 is 5.57 Å². The summed E-state index contributed by atoms with van der Waals surface area (Å²) in [5.41, 5.74) is 4.81. The van der Waals surface area contributed by atoms with Gasteiger partial charge in [-0.15, -0.1) is 0 Å². The molecule has 0 aliphatic carbocycles. The van der Waals surface area contributed by atoms with Gasteiger partial charge < -0.3 is 0 Å². The summed E-state index contributed by atoms with van der Waals surface area (Å²) in [6, 6.07) is 8.53. The van der Waals surface area contributed by atoms with E-state index in [1.54, 1.807) is 0 Å². The number of benzene rings is 1. The first-order valence-corrected chi connectivity index (χ1v) is 5.21. The minimum atomic E-state index is 1.09. The summed E-state index contributed by atoms with van der Waals surface area (Å²) < 4.78 is 0. The molecule has 0 atom stereocenters. The number of rotatable bonds is 3. The standard InChI is InChI=1S/C15H18/c1-5-6-7-15(12(2)3)14-10-8-13(4)9-11-14/h5-11H,2H2,1,3-4H3/b6-5-,15-7+. The first kappa shape index (κ1) is 11.5. The second-order valence-electron chi connectivity index (χ2n) is 3.75. The van der Waals surface area contributed by atoms with E-state index in [0.29, 0.717) is 0 Å². The molecule has 78 valence electrons. The van der Waals surface area contributed by atoms with Crippen LogP contribution in [0.25, 0.3) is 5.57 Å². The van der Waals surface area contributed by atoms with Crippen molar-refractivity contribution in [2.24, 2.45) is 0 Å². The second kappa shape index (κ2) is 5.35. The molecular weight excluding hydrogens is 180 g/mol. The van der Waals surface area contributed by atoms with E-state index in [1.165, 1.54) is 16.7 Å². The molecule has 0 fully saturated rings. The average molecular weight is 198 g/mol. The Hall–Kier alpha value is -1.56. The zero-order chi connectivity index (χ0) is 11.3. The van der Waals surface area contributed by atoms with Gasteiger partial charge in [-0.1, -0.05) is 60.2 Å². The zero-order valence-corrected chi connectivity index (χ0v) is 9.75. The molecule has 1 aromatic rings.